The Labute approximate surface area is 206 Å². The molecule has 0 radical (unpaired) electrons. The van der Waals surface area contributed by atoms with E-state index in [0.29, 0.717) is 12.1 Å². The van der Waals surface area contributed by atoms with Crippen LogP contribution in [0.25, 0.3) is 0 Å². The molecule has 7 nitrogen and oxygen atoms in total. The molecule has 1 heterocycles. The molecule has 2 aromatic carbocycles. The summed E-state index contributed by atoms with van der Waals surface area (Å²) < 4.78 is 127. The highest BCUT2D eigenvalue weighted by Gasteiger charge is 2.42. The number of hydrogen-bond donors (Lipinski definition) is 2. The molecular weight excluding hydrogens is 541 g/mol. The number of aromatic nitrogens is 1. The number of anilines is 1. The van der Waals surface area contributed by atoms with E-state index in [1.54, 1.807) is 0 Å². The van der Waals surface area contributed by atoms with Gasteiger partial charge in [-0.2, -0.15) is 26.3 Å². The zero-order chi connectivity index (χ0) is 28.5. The summed E-state index contributed by atoms with van der Waals surface area (Å²) in [7, 11) is 0. The number of ether oxygens (including phenoxy) is 2. The molecule has 0 atom stereocenters. The Balaban J connectivity index is 2.12. The largest absolute Gasteiger partial charge is 0.573 e. The number of alkyl halides is 9. The van der Waals surface area contributed by atoms with Crippen molar-refractivity contribution in [1.29, 1.82) is 0 Å². The first kappa shape index (κ1) is 28.1. The number of rotatable bonds is 6. The third-order valence-corrected chi connectivity index (χ3v) is 4.52. The molecule has 0 aliphatic rings. The number of halogens is 9. The van der Waals surface area contributed by atoms with Crippen molar-refractivity contribution in [3.8, 4) is 17.2 Å². The van der Waals surface area contributed by atoms with E-state index >= 15 is 0 Å². The van der Waals surface area contributed by atoms with Crippen LogP contribution in [0, 0.1) is 0 Å². The Morgan fingerprint density at radius 2 is 1.42 bits per heavy atom. The minimum Gasteiger partial charge on any atom is -0.456 e. The average molecular weight is 553 g/mol. The molecule has 3 rings (SSSR count). The number of carbonyl (C=O) groups is 2. The number of nitrogens with two attached hydrogens (primary N) is 1. The van der Waals surface area contributed by atoms with Gasteiger partial charge in [-0.25, -0.2) is 0 Å². The van der Waals surface area contributed by atoms with E-state index in [0.717, 1.165) is 30.5 Å². The first-order valence-corrected chi connectivity index (χ1v) is 9.87. The Hall–Kier alpha value is -4.50. The number of hydrogen-bond acceptors (Lipinski definition) is 5. The van der Waals surface area contributed by atoms with Crippen LogP contribution in [-0.4, -0.2) is 23.2 Å². The molecule has 3 N–H and O–H groups in total. The lowest BCUT2D eigenvalue weighted by Gasteiger charge is -2.20. The third-order valence-electron chi connectivity index (χ3n) is 4.52. The van der Waals surface area contributed by atoms with Crippen molar-refractivity contribution < 1.29 is 58.6 Å². The van der Waals surface area contributed by atoms with Crippen molar-refractivity contribution in [3.05, 3.63) is 77.1 Å². The molecule has 1 aromatic heterocycles. The van der Waals surface area contributed by atoms with Gasteiger partial charge in [0.15, 0.2) is 0 Å². The van der Waals surface area contributed by atoms with Gasteiger partial charge >= 0.3 is 18.7 Å². The summed E-state index contributed by atoms with van der Waals surface area (Å²) in [5.41, 5.74) is -0.857. The van der Waals surface area contributed by atoms with Gasteiger partial charge in [-0.05, 0) is 48.5 Å². The lowest BCUT2D eigenvalue weighted by molar-refractivity contribution is -0.274. The number of amides is 2. The molecule has 0 saturated carbocycles. The predicted molar refractivity (Wildman–Crippen MR) is 110 cm³/mol. The van der Waals surface area contributed by atoms with Crippen LogP contribution >= 0.6 is 0 Å². The maximum absolute atomic E-state index is 13.8. The van der Waals surface area contributed by atoms with Gasteiger partial charge in [0.25, 0.3) is 11.8 Å². The van der Waals surface area contributed by atoms with Crippen LogP contribution in [0.3, 0.4) is 0 Å². The molecule has 0 bridgehead atoms. The van der Waals surface area contributed by atoms with Crippen LogP contribution in [0.2, 0.25) is 0 Å². The second kappa shape index (κ2) is 10.1. The third kappa shape index (κ3) is 7.04. The quantitative estimate of drug-likeness (QED) is 0.356. The minimum atomic E-state index is -5.49. The molecular formula is C22H12F9N3O4. The summed E-state index contributed by atoms with van der Waals surface area (Å²) in [6.07, 6.45) is -14.9. The Morgan fingerprint density at radius 1 is 0.816 bits per heavy atom. The lowest BCUT2D eigenvalue weighted by Crippen LogP contribution is -2.22. The Bertz CT molecular complexity index is 1350. The number of benzene rings is 2. The van der Waals surface area contributed by atoms with E-state index in [-0.39, 0.29) is 23.5 Å². The first-order chi connectivity index (χ1) is 17.4. The van der Waals surface area contributed by atoms with Crippen molar-refractivity contribution in [3.63, 3.8) is 0 Å². The zero-order valence-corrected chi connectivity index (χ0v) is 18.3. The zero-order valence-electron chi connectivity index (χ0n) is 18.3. The van der Waals surface area contributed by atoms with Gasteiger partial charge in [-0.15, -0.1) is 13.2 Å². The highest BCUT2D eigenvalue weighted by Crippen LogP contribution is 2.43. The van der Waals surface area contributed by atoms with Crippen LogP contribution in [0.5, 0.6) is 17.2 Å². The molecule has 2 amide bonds. The summed E-state index contributed by atoms with van der Waals surface area (Å²) in [5.74, 6) is -5.15. The second-order valence-electron chi connectivity index (χ2n) is 7.26. The molecule has 38 heavy (non-hydrogen) atoms. The fourth-order valence-corrected chi connectivity index (χ4v) is 2.99. The molecule has 0 aliphatic carbocycles. The SMILES string of the molecule is NC(=O)c1cc(NC(=O)c2c(Oc3ccc(OC(F)(F)F)cc3)cc(C(F)(F)F)cc2C(F)(F)F)ccn1. The standard InChI is InChI=1S/C22H12F9N3O4/c23-20(24,25)10-7-14(21(26,27)28)17(19(36)34-11-5-6-33-15(9-11)18(32)35)16(8-10)37-12-1-3-13(4-2-12)38-22(29,30)31/h1-9H,(H2,32,35)(H,33,34,36). The van der Waals surface area contributed by atoms with Gasteiger partial charge in [-0.3, -0.25) is 14.6 Å². The van der Waals surface area contributed by atoms with Gasteiger partial charge in [0.05, 0.1) is 16.7 Å². The number of nitrogens with zero attached hydrogens (tertiary/aromatic N) is 1. The van der Waals surface area contributed by atoms with E-state index in [4.69, 9.17) is 10.5 Å². The van der Waals surface area contributed by atoms with Gasteiger partial charge in [0, 0.05) is 11.9 Å². The molecule has 0 aliphatic heterocycles. The van der Waals surface area contributed by atoms with Gasteiger partial charge in [0.2, 0.25) is 0 Å². The maximum atomic E-state index is 13.8. The van der Waals surface area contributed by atoms with Crippen LogP contribution in [0.1, 0.15) is 32.0 Å². The maximum Gasteiger partial charge on any atom is 0.573 e. The van der Waals surface area contributed by atoms with Crippen LogP contribution in [0.4, 0.5) is 45.2 Å². The Morgan fingerprint density at radius 3 is 1.95 bits per heavy atom. The summed E-state index contributed by atoms with van der Waals surface area (Å²) >= 11 is 0. The fourth-order valence-electron chi connectivity index (χ4n) is 2.99. The molecule has 0 fully saturated rings. The number of nitrogens with one attached hydrogen (secondary N) is 1. The van der Waals surface area contributed by atoms with Crippen LogP contribution in [0.15, 0.2) is 54.7 Å². The average Bonchev–Trinajstić information content (AvgIpc) is 2.77. The number of carbonyl (C=O) groups excluding carboxylic acids is 2. The van der Waals surface area contributed by atoms with E-state index in [2.05, 4.69) is 9.72 Å². The first-order valence-electron chi connectivity index (χ1n) is 9.87. The van der Waals surface area contributed by atoms with E-state index in [1.807, 2.05) is 5.32 Å². The van der Waals surface area contributed by atoms with Gasteiger partial charge in [0.1, 0.15) is 22.9 Å². The predicted octanol–water partition coefficient (Wildman–Crippen LogP) is 6.16. The van der Waals surface area contributed by atoms with Gasteiger partial charge < -0.3 is 20.5 Å². The second-order valence-corrected chi connectivity index (χ2v) is 7.26. The Kier molecular flexibility index (Phi) is 7.46. The van der Waals surface area contributed by atoms with E-state index in [9.17, 15) is 49.1 Å². The molecule has 16 heteroatoms. The molecule has 0 saturated heterocycles. The van der Waals surface area contributed by atoms with Crippen molar-refractivity contribution >= 4 is 17.5 Å². The van der Waals surface area contributed by atoms with Crippen molar-refractivity contribution in [2.75, 3.05) is 5.32 Å². The molecule has 202 valence electrons. The van der Waals surface area contributed by atoms with Crippen LogP contribution < -0.4 is 20.5 Å². The highest BCUT2D eigenvalue weighted by molar-refractivity contribution is 6.08. The molecule has 0 unspecified atom stereocenters. The van der Waals surface area contributed by atoms with Crippen molar-refractivity contribution in [1.82, 2.24) is 4.98 Å². The van der Waals surface area contributed by atoms with E-state index < -0.39 is 64.5 Å². The monoisotopic (exact) mass is 553 g/mol. The van der Waals surface area contributed by atoms with E-state index in [1.165, 1.54) is 0 Å². The summed E-state index contributed by atoms with van der Waals surface area (Å²) in [4.78, 5) is 27.8. The fraction of sp³-hybridized carbons (Fsp3) is 0.136. The number of pyridine rings is 1. The summed E-state index contributed by atoms with van der Waals surface area (Å²) in [6, 6.07) is 4.66. The topological polar surface area (TPSA) is 104 Å². The van der Waals surface area contributed by atoms with Crippen molar-refractivity contribution in [2.24, 2.45) is 5.73 Å². The number of primary amides is 1. The molecule has 3 aromatic rings. The van der Waals surface area contributed by atoms with Crippen molar-refractivity contribution in [2.45, 2.75) is 18.7 Å². The minimum absolute atomic E-state index is 0.117. The smallest absolute Gasteiger partial charge is 0.456 e. The van der Waals surface area contributed by atoms with Gasteiger partial charge in [-0.1, -0.05) is 0 Å². The summed E-state index contributed by atoms with van der Waals surface area (Å²) in [5, 5.41) is 1.99. The molecule has 0 spiro atoms. The van der Waals surface area contributed by atoms with Crippen LogP contribution in [-0.2, 0) is 12.4 Å². The normalized spacial score (nSPS) is 12.1. The lowest BCUT2D eigenvalue weighted by atomic mass is 10.0. The highest BCUT2D eigenvalue weighted by atomic mass is 19.4. The summed E-state index contributed by atoms with van der Waals surface area (Å²) in [6.45, 7) is 0.